The summed E-state index contributed by atoms with van der Waals surface area (Å²) in [6, 6.07) is 6.79. The van der Waals surface area contributed by atoms with Crippen molar-refractivity contribution in [3.05, 3.63) is 68.8 Å². The molecule has 1 fully saturated rings. The quantitative estimate of drug-likeness (QED) is 0.631. The zero-order chi connectivity index (χ0) is 19.8. The molecular weight excluding hydrogens is 362 g/mol. The number of hydrogen-bond donors (Lipinski definition) is 0. The number of aryl methyl sites for hydroxylation is 1. The third-order valence-corrected chi connectivity index (χ3v) is 4.92. The molecule has 1 aliphatic heterocycles. The van der Waals surface area contributed by atoms with Crippen molar-refractivity contribution >= 4 is 16.9 Å². The van der Waals surface area contributed by atoms with Crippen molar-refractivity contribution in [2.75, 3.05) is 19.7 Å². The van der Waals surface area contributed by atoms with E-state index in [2.05, 4.69) is 9.97 Å². The van der Waals surface area contributed by atoms with Crippen LogP contribution in [0, 0.1) is 0 Å². The molecule has 0 aliphatic carbocycles. The van der Waals surface area contributed by atoms with Gasteiger partial charge in [-0.05, 0) is 24.3 Å². The maximum Gasteiger partial charge on any atom is 0.332 e. The molecule has 1 atom stereocenters. The molecule has 1 saturated heterocycles. The Balaban J connectivity index is 1.67. The summed E-state index contributed by atoms with van der Waals surface area (Å²) < 4.78 is 8.20. The zero-order valence-corrected chi connectivity index (χ0v) is 15.5. The molecule has 3 aromatic rings. The topological polar surface area (TPSA) is 99.3 Å². The highest BCUT2D eigenvalue weighted by atomic mass is 16.5. The van der Waals surface area contributed by atoms with E-state index in [1.807, 2.05) is 0 Å². The number of aromatic nitrogens is 4. The van der Waals surface area contributed by atoms with Gasteiger partial charge in [-0.25, -0.2) is 9.78 Å². The van der Waals surface area contributed by atoms with Crippen LogP contribution in [-0.4, -0.2) is 49.6 Å². The van der Waals surface area contributed by atoms with Gasteiger partial charge in [-0.15, -0.1) is 0 Å². The lowest BCUT2D eigenvalue weighted by Crippen LogP contribution is -2.42. The summed E-state index contributed by atoms with van der Waals surface area (Å²) in [5.74, 6) is -0.122. The van der Waals surface area contributed by atoms with E-state index in [1.54, 1.807) is 42.4 Å². The zero-order valence-electron chi connectivity index (χ0n) is 15.5. The standard InChI is InChI=1S/C19H19N5O4/c1-22-16-13(18(26)23(2)19(22)27)5-6-14(21-16)15-11-24(8-9-28-15)17(25)12-4-3-7-20-10-12/h3-7,10,15H,8-9,11H2,1-2H3/t15-/m0/s1. The number of hydrogen-bond acceptors (Lipinski definition) is 6. The molecule has 0 N–H and O–H groups in total. The van der Waals surface area contributed by atoms with Crippen molar-refractivity contribution in [3.63, 3.8) is 0 Å². The second-order valence-electron chi connectivity index (χ2n) is 6.67. The molecule has 0 radical (unpaired) electrons. The SMILES string of the molecule is Cn1c(=O)c2ccc([C@@H]3CN(C(=O)c4cccnc4)CCO3)nc2n(C)c1=O. The first-order valence-electron chi connectivity index (χ1n) is 8.85. The van der Waals surface area contributed by atoms with E-state index in [0.29, 0.717) is 42.0 Å². The molecule has 28 heavy (non-hydrogen) atoms. The molecule has 4 heterocycles. The van der Waals surface area contributed by atoms with E-state index in [9.17, 15) is 14.4 Å². The van der Waals surface area contributed by atoms with Gasteiger partial charge in [0, 0.05) is 33.0 Å². The second-order valence-corrected chi connectivity index (χ2v) is 6.67. The minimum Gasteiger partial charge on any atom is -0.368 e. The molecule has 0 saturated carbocycles. The molecule has 1 aliphatic rings. The Morgan fingerprint density at radius 2 is 2.00 bits per heavy atom. The number of carbonyl (C=O) groups is 1. The minimum atomic E-state index is -0.446. The maximum atomic E-state index is 12.7. The van der Waals surface area contributed by atoms with Gasteiger partial charge in [0.1, 0.15) is 11.8 Å². The number of rotatable bonds is 2. The summed E-state index contributed by atoms with van der Waals surface area (Å²) in [7, 11) is 3.00. The third-order valence-electron chi connectivity index (χ3n) is 4.92. The summed E-state index contributed by atoms with van der Waals surface area (Å²) >= 11 is 0. The molecule has 0 spiro atoms. The van der Waals surface area contributed by atoms with Crippen molar-refractivity contribution in [3.8, 4) is 0 Å². The number of morpholine rings is 1. The largest absolute Gasteiger partial charge is 0.368 e. The van der Waals surface area contributed by atoms with Gasteiger partial charge in [0.25, 0.3) is 11.5 Å². The second kappa shape index (κ2) is 7.01. The van der Waals surface area contributed by atoms with E-state index < -0.39 is 17.4 Å². The number of carbonyl (C=O) groups excluding carboxylic acids is 1. The van der Waals surface area contributed by atoms with Crippen molar-refractivity contribution < 1.29 is 9.53 Å². The van der Waals surface area contributed by atoms with Crippen LogP contribution in [0.25, 0.3) is 11.0 Å². The fraction of sp³-hybridized carbons (Fsp3) is 0.316. The van der Waals surface area contributed by atoms with Gasteiger partial charge in [0.15, 0.2) is 0 Å². The van der Waals surface area contributed by atoms with Gasteiger partial charge >= 0.3 is 5.69 Å². The third kappa shape index (κ3) is 2.99. The molecule has 0 bridgehead atoms. The van der Waals surface area contributed by atoms with Gasteiger partial charge in [-0.2, -0.15) is 0 Å². The summed E-state index contributed by atoms with van der Waals surface area (Å²) in [5, 5.41) is 0.354. The number of fused-ring (bicyclic) bond motifs is 1. The van der Waals surface area contributed by atoms with Crippen LogP contribution < -0.4 is 11.2 Å². The molecule has 0 unspecified atom stereocenters. The minimum absolute atomic E-state index is 0.122. The number of nitrogens with zero attached hydrogens (tertiary/aromatic N) is 5. The number of ether oxygens (including phenoxy) is 1. The molecule has 9 nitrogen and oxygen atoms in total. The lowest BCUT2D eigenvalue weighted by molar-refractivity contribution is -0.0246. The molecule has 9 heteroatoms. The molecule has 144 valence electrons. The average Bonchev–Trinajstić information content (AvgIpc) is 2.76. The van der Waals surface area contributed by atoms with E-state index in [1.165, 1.54) is 17.8 Å². The van der Waals surface area contributed by atoms with Crippen LogP contribution in [0.2, 0.25) is 0 Å². The molecular formula is C19H19N5O4. The first kappa shape index (κ1) is 18.1. The smallest absolute Gasteiger partial charge is 0.332 e. The predicted octanol–water partition coefficient (Wildman–Crippen LogP) is 0.241. The van der Waals surface area contributed by atoms with Crippen molar-refractivity contribution in [1.29, 1.82) is 0 Å². The Morgan fingerprint density at radius 3 is 2.75 bits per heavy atom. The van der Waals surface area contributed by atoms with Gasteiger partial charge in [-0.1, -0.05) is 0 Å². The van der Waals surface area contributed by atoms with Gasteiger partial charge in [-0.3, -0.25) is 23.7 Å². The van der Waals surface area contributed by atoms with Crippen LogP contribution in [0.1, 0.15) is 22.2 Å². The summed E-state index contributed by atoms with van der Waals surface area (Å²) in [6.45, 7) is 1.16. The first-order chi connectivity index (χ1) is 13.5. The Bertz CT molecular complexity index is 1170. The molecule has 1 amide bonds. The monoisotopic (exact) mass is 381 g/mol. The number of pyridine rings is 2. The lowest BCUT2D eigenvalue weighted by atomic mass is 10.1. The predicted molar refractivity (Wildman–Crippen MR) is 101 cm³/mol. The van der Waals surface area contributed by atoms with Crippen molar-refractivity contribution in [2.24, 2.45) is 14.1 Å². The van der Waals surface area contributed by atoms with Gasteiger partial charge in [0.2, 0.25) is 0 Å². The Hall–Kier alpha value is -3.33. The van der Waals surface area contributed by atoms with Crippen molar-refractivity contribution in [2.45, 2.75) is 6.10 Å². The summed E-state index contributed by atoms with van der Waals surface area (Å²) in [4.78, 5) is 47.4. The van der Waals surface area contributed by atoms with E-state index >= 15 is 0 Å². The maximum absolute atomic E-state index is 12.7. The Kier molecular flexibility index (Phi) is 4.52. The van der Waals surface area contributed by atoms with E-state index in [0.717, 1.165) is 4.57 Å². The Labute approximate surface area is 159 Å². The molecule has 3 aromatic heterocycles. The van der Waals surface area contributed by atoms with Gasteiger partial charge in [0.05, 0.1) is 29.8 Å². The lowest BCUT2D eigenvalue weighted by Gasteiger charge is -2.32. The van der Waals surface area contributed by atoms with Crippen LogP contribution in [0.3, 0.4) is 0 Å². The van der Waals surface area contributed by atoms with Gasteiger partial charge < -0.3 is 9.64 Å². The van der Waals surface area contributed by atoms with Crippen LogP contribution in [0.5, 0.6) is 0 Å². The van der Waals surface area contributed by atoms with Crippen molar-refractivity contribution in [1.82, 2.24) is 24.0 Å². The summed E-state index contributed by atoms with van der Waals surface area (Å²) in [6.07, 6.45) is 2.71. The first-order valence-corrected chi connectivity index (χ1v) is 8.85. The van der Waals surface area contributed by atoms with Crippen LogP contribution in [0.15, 0.2) is 46.2 Å². The fourth-order valence-corrected chi connectivity index (χ4v) is 3.33. The van der Waals surface area contributed by atoms with Crippen LogP contribution >= 0.6 is 0 Å². The number of amides is 1. The van der Waals surface area contributed by atoms with E-state index in [-0.39, 0.29) is 5.91 Å². The highest BCUT2D eigenvalue weighted by molar-refractivity contribution is 5.94. The van der Waals surface area contributed by atoms with E-state index in [4.69, 9.17) is 4.74 Å². The fourth-order valence-electron chi connectivity index (χ4n) is 3.33. The average molecular weight is 381 g/mol. The molecule has 0 aromatic carbocycles. The molecule has 4 rings (SSSR count). The summed E-state index contributed by atoms with van der Waals surface area (Å²) in [5.41, 5.74) is 0.542. The Morgan fingerprint density at radius 1 is 1.18 bits per heavy atom. The van der Waals surface area contributed by atoms with Crippen LogP contribution in [-0.2, 0) is 18.8 Å². The highest BCUT2D eigenvalue weighted by Crippen LogP contribution is 2.23. The normalized spacial score (nSPS) is 17.1. The highest BCUT2D eigenvalue weighted by Gasteiger charge is 2.27. The van der Waals surface area contributed by atoms with Crippen LogP contribution in [0.4, 0.5) is 0 Å².